The molecule has 1 aliphatic heterocycles. The Kier molecular flexibility index (Phi) is 3.93. The number of primary amides is 1. The average Bonchev–Trinajstić information content (AvgIpc) is 2.64. The predicted molar refractivity (Wildman–Crippen MR) is 73.3 cm³/mol. The molecule has 0 radical (unpaired) electrons. The lowest BCUT2D eigenvalue weighted by Crippen LogP contribution is -2.29. The van der Waals surface area contributed by atoms with E-state index in [0.717, 1.165) is 24.7 Å². The highest BCUT2D eigenvalue weighted by atomic mass is 35.5. The third-order valence-electron chi connectivity index (χ3n) is 3.75. The summed E-state index contributed by atoms with van der Waals surface area (Å²) in [6, 6.07) is 5.94. The van der Waals surface area contributed by atoms with Crippen LogP contribution in [-0.2, 0) is 11.3 Å². The van der Waals surface area contributed by atoms with Crippen molar-refractivity contribution in [1.29, 1.82) is 0 Å². The second-order valence-corrected chi connectivity index (χ2v) is 5.69. The molecule has 1 heterocycles. The Bertz CT molecular complexity index is 461. The van der Waals surface area contributed by atoms with Gasteiger partial charge < -0.3 is 5.73 Å². The van der Waals surface area contributed by atoms with E-state index < -0.39 is 0 Å². The van der Waals surface area contributed by atoms with Crippen molar-refractivity contribution in [3.8, 4) is 0 Å². The van der Waals surface area contributed by atoms with Gasteiger partial charge in [-0.3, -0.25) is 9.69 Å². The third kappa shape index (κ3) is 2.85. The largest absolute Gasteiger partial charge is 0.369 e. The molecule has 0 bridgehead atoms. The molecule has 1 amide bonds. The summed E-state index contributed by atoms with van der Waals surface area (Å²) in [5.74, 6) is 0.144. The fourth-order valence-corrected chi connectivity index (χ4v) is 2.87. The first-order valence-corrected chi connectivity index (χ1v) is 6.62. The summed E-state index contributed by atoms with van der Waals surface area (Å²) in [7, 11) is 0. The van der Waals surface area contributed by atoms with Crippen LogP contribution in [0.5, 0.6) is 0 Å². The van der Waals surface area contributed by atoms with E-state index in [1.54, 1.807) is 0 Å². The number of amides is 1. The minimum Gasteiger partial charge on any atom is -0.369 e. The van der Waals surface area contributed by atoms with E-state index in [-0.39, 0.29) is 11.8 Å². The van der Waals surface area contributed by atoms with Gasteiger partial charge in [0.2, 0.25) is 5.91 Å². The van der Waals surface area contributed by atoms with Gasteiger partial charge in [-0.25, -0.2) is 0 Å². The maximum atomic E-state index is 11.3. The van der Waals surface area contributed by atoms with Crippen molar-refractivity contribution in [2.45, 2.75) is 20.4 Å². The molecule has 1 aliphatic rings. The molecule has 2 N–H and O–H groups in total. The molecule has 0 spiro atoms. The average molecular weight is 267 g/mol. The van der Waals surface area contributed by atoms with Crippen LogP contribution in [0.15, 0.2) is 18.2 Å². The van der Waals surface area contributed by atoms with Crippen molar-refractivity contribution in [2.24, 2.45) is 17.6 Å². The molecule has 3 nitrogen and oxygen atoms in total. The van der Waals surface area contributed by atoms with Crippen LogP contribution in [0.1, 0.15) is 18.1 Å². The normalized spacial score (nSPS) is 24.4. The summed E-state index contributed by atoms with van der Waals surface area (Å²) < 4.78 is 0. The lowest BCUT2D eigenvalue weighted by Gasteiger charge is -2.17. The predicted octanol–water partition coefficient (Wildman–Crippen LogP) is 2.20. The minimum absolute atomic E-state index is 0.0161. The number of hydrogen-bond donors (Lipinski definition) is 1. The van der Waals surface area contributed by atoms with E-state index in [1.165, 1.54) is 11.1 Å². The van der Waals surface area contributed by atoms with Gasteiger partial charge in [0.15, 0.2) is 0 Å². The lowest BCUT2D eigenvalue weighted by molar-refractivity contribution is -0.122. The van der Waals surface area contributed by atoms with Crippen LogP contribution in [0.3, 0.4) is 0 Å². The van der Waals surface area contributed by atoms with Gasteiger partial charge in [-0.05, 0) is 36.1 Å². The number of likely N-dealkylation sites (tertiary alicyclic amines) is 1. The van der Waals surface area contributed by atoms with E-state index in [1.807, 2.05) is 12.1 Å². The summed E-state index contributed by atoms with van der Waals surface area (Å²) in [6.45, 7) is 6.70. The number of benzene rings is 1. The Hall–Kier alpha value is -1.06. The van der Waals surface area contributed by atoms with E-state index in [9.17, 15) is 4.79 Å². The molecular formula is C14H19ClN2O. The number of halogens is 1. The molecule has 0 unspecified atom stereocenters. The Labute approximate surface area is 113 Å². The zero-order chi connectivity index (χ0) is 13.3. The summed E-state index contributed by atoms with van der Waals surface area (Å²) >= 11 is 5.95. The maximum absolute atomic E-state index is 11.3. The molecule has 1 fully saturated rings. The van der Waals surface area contributed by atoms with E-state index in [4.69, 9.17) is 17.3 Å². The molecule has 2 atom stereocenters. The topological polar surface area (TPSA) is 46.3 Å². The third-order valence-corrected chi connectivity index (χ3v) is 3.99. The fraction of sp³-hybridized carbons (Fsp3) is 0.500. The van der Waals surface area contributed by atoms with Crippen LogP contribution in [0.2, 0.25) is 5.02 Å². The van der Waals surface area contributed by atoms with Gasteiger partial charge in [-0.15, -0.1) is 0 Å². The van der Waals surface area contributed by atoms with Crippen LogP contribution in [0.25, 0.3) is 0 Å². The smallest absolute Gasteiger partial charge is 0.222 e. The number of aryl methyl sites for hydroxylation is 1. The summed E-state index contributed by atoms with van der Waals surface area (Å²) in [4.78, 5) is 13.6. The van der Waals surface area contributed by atoms with E-state index in [0.29, 0.717) is 5.92 Å². The van der Waals surface area contributed by atoms with Crippen molar-refractivity contribution < 1.29 is 4.79 Å². The Morgan fingerprint density at radius 2 is 2.22 bits per heavy atom. The van der Waals surface area contributed by atoms with Crippen molar-refractivity contribution in [3.63, 3.8) is 0 Å². The van der Waals surface area contributed by atoms with Crippen LogP contribution < -0.4 is 5.73 Å². The molecule has 0 aliphatic carbocycles. The second-order valence-electron chi connectivity index (χ2n) is 5.25. The number of carbonyl (C=O) groups is 1. The highest BCUT2D eigenvalue weighted by Gasteiger charge is 2.33. The van der Waals surface area contributed by atoms with Crippen molar-refractivity contribution in [3.05, 3.63) is 34.3 Å². The Balaban J connectivity index is 2.05. The zero-order valence-electron chi connectivity index (χ0n) is 10.8. The van der Waals surface area contributed by atoms with Gasteiger partial charge in [0, 0.05) is 24.7 Å². The Morgan fingerprint density at radius 3 is 2.78 bits per heavy atom. The van der Waals surface area contributed by atoms with Gasteiger partial charge in [0.25, 0.3) is 0 Å². The molecule has 4 heteroatoms. The van der Waals surface area contributed by atoms with Gasteiger partial charge in [0.05, 0.1) is 5.92 Å². The molecular weight excluding hydrogens is 248 g/mol. The molecule has 98 valence electrons. The van der Waals surface area contributed by atoms with Crippen LogP contribution in [-0.4, -0.2) is 23.9 Å². The molecule has 1 aromatic rings. The molecule has 0 aromatic heterocycles. The number of rotatable bonds is 3. The van der Waals surface area contributed by atoms with Gasteiger partial charge in [-0.1, -0.05) is 24.6 Å². The standard InChI is InChI=1S/C14H19ClN2O/c1-9-5-12(15)4-3-11(9)7-17-6-10(2)13(8-17)14(16)18/h3-5,10,13H,6-8H2,1-2H3,(H2,16,18)/t10-,13-/m1/s1. The van der Waals surface area contributed by atoms with Crippen LogP contribution in [0, 0.1) is 18.8 Å². The van der Waals surface area contributed by atoms with Crippen molar-refractivity contribution >= 4 is 17.5 Å². The Morgan fingerprint density at radius 1 is 1.50 bits per heavy atom. The number of nitrogens with two attached hydrogens (primary N) is 1. The second kappa shape index (κ2) is 5.29. The zero-order valence-corrected chi connectivity index (χ0v) is 11.6. The highest BCUT2D eigenvalue weighted by Crippen LogP contribution is 2.25. The van der Waals surface area contributed by atoms with Gasteiger partial charge >= 0.3 is 0 Å². The van der Waals surface area contributed by atoms with Gasteiger partial charge in [-0.2, -0.15) is 0 Å². The number of nitrogens with zero attached hydrogens (tertiary/aromatic N) is 1. The quantitative estimate of drug-likeness (QED) is 0.912. The maximum Gasteiger partial charge on any atom is 0.222 e. The first-order chi connectivity index (χ1) is 8.47. The number of hydrogen-bond acceptors (Lipinski definition) is 2. The first kappa shape index (κ1) is 13.4. The minimum atomic E-state index is -0.183. The summed E-state index contributed by atoms with van der Waals surface area (Å²) in [6.07, 6.45) is 0. The fourth-order valence-electron chi connectivity index (χ4n) is 2.64. The molecule has 0 saturated carbocycles. The lowest BCUT2D eigenvalue weighted by atomic mass is 9.98. The molecule has 2 rings (SSSR count). The monoisotopic (exact) mass is 266 g/mol. The van der Waals surface area contributed by atoms with E-state index >= 15 is 0 Å². The van der Waals surface area contributed by atoms with E-state index in [2.05, 4.69) is 24.8 Å². The van der Waals surface area contributed by atoms with Crippen LogP contribution >= 0.6 is 11.6 Å². The first-order valence-electron chi connectivity index (χ1n) is 6.24. The van der Waals surface area contributed by atoms with Gasteiger partial charge in [0.1, 0.15) is 0 Å². The van der Waals surface area contributed by atoms with Crippen molar-refractivity contribution in [1.82, 2.24) is 4.90 Å². The molecule has 18 heavy (non-hydrogen) atoms. The molecule has 1 saturated heterocycles. The highest BCUT2D eigenvalue weighted by molar-refractivity contribution is 6.30. The number of carbonyl (C=O) groups excluding carboxylic acids is 1. The molecule has 1 aromatic carbocycles. The van der Waals surface area contributed by atoms with Crippen molar-refractivity contribution in [2.75, 3.05) is 13.1 Å². The summed E-state index contributed by atoms with van der Waals surface area (Å²) in [5, 5.41) is 0.765. The van der Waals surface area contributed by atoms with Crippen LogP contribution in [0.4, 0.5) is 0 Å². The summed E-state index contributed by atoms with van der Waals surface area (Å²) in [5.41, 5.74) is 7.86. The SMILES string of the molecule is Cc1cc(Cl)ccc1CN1C[C@@H](C)[C@H](C(N)=O)C1.